The van der Waals surface area contributed by atoms with Gasteiger partial charge in [-0.05, 0) is 19.0 Å². The Labute approximate surface area is 106 Å². The minimum atomic E-state index is -0.264. The van der Waals surface area contributed by atoms with Gasteiger partial charge in [0.1, 0.15) is 0 Å². The number of likely N-dealkylation sites (N-methyl/N-ethyl adjacent to an activating group) is 1. The zero-order chi connectivity index (χ0) is 12.7. The molecule has 3 heteroatoms. The maximum absolute atomic E-state index is 12.5. The van der Waals surface area contributed by atoms with E-state index in [1.807, 2.05) is 48.4 Å². The highest BCUT2D eigenvalue weighted by Gasteiger charge is 2.46. The largest absolute Gasteiger partial charge is 0.292 e. The average Bonchev–Trinajstić information content (AvgIpc) is 2.63. The number of nitrogens with zero attached hydrogens (tertiary/aromatic N) is 2. The van der Waals surface area contributed by atoms with Crippen LogP contribution in [0.1, 0.15) is 12.0 Å². The van der Waals surface area contributed by atoms with E-state index in [4.69, 9.17) is 5.26 Å². The summed E-state index contributed by atoms with van der Waals surface area (Å²) in [5.41, 5.74) is 1.74. The lowest BCUT2D eigenvalue weighted by molar-refractivity contribution is -0.118. The molecule has 1 fully saturated rings. The minimum Gasteiger partial charge on any atom is -0.292 e. The topological polar surface area (TPSA) is 44.1 Å². The summed E-state index contributed by atoms with van der Waals surface area (Å²) >= 11 is 0. The molecule has 0 aromatic heterocycles. The zero-order valence-electron chi connectivity index (χ0n) is 10.2. The summed E-state index contributed by atoms with van der Waals surface area (Å²) in [6.45, 7) is 0. The van der Waals surface area contributed by atoms with Crippen LogP contribution in [0.4, 0.5) is 0 Å². The number of carbonyl (C=O) groups excluding carboxylic acids is 1. The lowest BCUT2D eigenvalue weighted by Crippen LogP contribution is -2.43. The molecule has 3 atom stereocenters. The Morgan fingerprint density at radius 2 is 2.06 bits per heavy atom. The van der Waals surface area contributed by atoms with E-state index < -0.39 is 0 Å². The Morgan fingerprint density at radius 1 is 1.33 bits per heavy atom. The minimum absolute atomic E-state index is 0.0870. The van der Waals surface area contributed by atoms with Crippen molar-refractivity contribution in [1.82, 2.24) is 4.90 Å². The van der Waals surface area contributed by atoms with Crippen LogP contribution in [0.25, 0.3) is 5.57 Å². The molecule has 1 aromatic carbocycles. The van der Waals surface area contributed by atoms with Crippen molar-refractivity contribution in [2.45, 2.75) is 18.5 Å². The number of hydrogen-bond acceptors (Lipinski definition) is 3. The van der Waals surface area contributed by atoms with Crippen LogP contribution >= 0.6 is 0 Å². The van der Waals surface area contributed by atoms with Gasteiger partial charge < -0.3 is 0 Å². The molecule has 0 N–H and O–H groups in total. The van der Waals surface area contributed by atoms with Crippen LogP contribution in [-0.4, -0.2) is 29.8 Å². The van der Waals surface area contributed by atoms with Crippen LogP contribution < -0.4 is 0 Å². The fourth-order valence-corrected chi connectivity index (χ4v) is 3.01. The Hall–Kier alpha value is -1.92. The normalized spacial score (nSPS) is 31.0. The molecule has 1 saturated heterocycles. The van der Waals surface area contributed by atoms with E-state index in [9.17, 15) is 4.79 Å². The van der Waals surface area contributed by atoms with Crippen molar-refractivity contribution in [3.63, 3.8) is 0 Å². The van der Waals surface area contributed by atoms with Crippen molar-refractivity contribution in [3.05, 3.63) is 42.0 Å². The summed E-state index contributed by atoms with van der Waals surface area (Å²) in [5.74, 6) is -0.0889. The van der Waals surface area contributed by atoms with E-state index in [1.165, 1.54) is 0 Å². The smallest absolute Gasteiger partial charge is 0.181 e. The maximum Gasteiger partial charge on any atom is 0.181 e. The Kier molecular flexibility index (Phi) is 2.53. The number of benzene rings is 1. The quantitative estimate of drug-likeness (QED) is 0.750. The third-order valence-electron chi connectivity index (χ3n) is 3.98. The molecular weight excluding hydrogens is 224 g/mol. The molecule has 18 heavy (non-hydrogen) atoms. The maximum atomic E-state index is 12.5. The van der Waals surface area contributed by atoms with Crippen LogP contribution in [0.2, 0.25) is 0 Å². The summed E-state index contributed by atoms with van der Waals surface area (Å²) in [6.07, 6.45) is 2.78. The highest BCUT2D eigenvalue weighted by Crippen LogP contribution is 2.38. The van der Waals surface area contributed by atoms with E-state index in [-0.39, 0.29) is 23.8 Å². The van der Waals surface area contributed by atoms with E-state index >= 15 is 0 Å². The predicted octanol–water partition coefficient (Wildman–Crippen LogP) is 1.87. The second-order valence-electron chi connectivity index (χ2n) is 4.96. The Balaban J connectivity index is 2.04. The molecular formula is C15H14N2O. The SMILES string of the molecule is CN1C2C=C(c3ccccc3)C(=O)C1C(C#N)C2. The van der Waals surface area contributed by atoms with Crippen LogP contribution in [0, 0.1) is 17.2 Å². The summed E-state index contributed by atoms with van der Waals surface area (Å²) in [4.78, 5) is 14.5. The van der Waals surface area contributed by atoms with Gasteiger partial charge in [-0.15, -0.1) is 0 Å². The first-order chi connectivity index (χ1) is 8.72. The first kappa shape index (κ1) is 11.2. The standard InChI is InChI=1S/C15H14N2O/c1-17-12-7-11(9-16)14(17)15(18)13(8-12)10-5-3-2-4-6-10/h2-6,8,11-12,14H,7H2,1H3. The van der Waals surface area contributed by atoms with E-state index in [1.54, 1.807) is 0 Å². The molecule has 2 aliphatic heterocycles. The summed E-state index contributed by atoms with van der Waals surface area (Å²) < 4.78 is 0. The third-order valence-corrected chi connectivity index (χ3v) is 3.98. The van der Waals surface area contributed by atoms with E-state index in [2.05, 4.69) is 6.07 Å². The van der Waals surface area contributed by atoms with Crippen LogP contribution in [0.3, 0.4) is 0 Å². The molecule has 3 rings (SSSR count). The molecule has 0 radical (unpaired) electrons. The van der Waals surface area contributed by atoms with Crippen molar-refractivity contribution >= 4 is 11.4 Å². The van der Waals surface area contributed by atoms with Gasteiger partial charge in [-0.3, -0.25) is 9.69 Å². The van der Waals surface area contributed by atoms with Crippen LogP contribution in [-0.2, 0) is 4.79 Å². The van der Waals surface area contributed by atoms with Crippen molar-refractivity contribution < 1.29 is 4.79 Å². The lowest BCUT2D eigenvalue weighted by Gasteiger charge is -2.29. The Morgan fingerprint density at radius 3 is 2.72 bits per heavy atom. The van der Waals surface area contributed by atoms with Gasteiger partial charge in [0.05, 0.1) is 18.0 Å². The Bertz CT molecular complexity index is 556. The van der Waals surface area contributed by atoms with Crippen molar-refractivity contribution in [2.75, 3.05) is 7.05 Å². The number of rotatable bonds is 1. The molecule has 3 unspecified atom stereocenters. The zero-order valence-corrected chi connectivity index (χ0v) is 10.2. The molecule has 1 aromatic rings. The number of ketones is 1. The number of hydrogen-bond donors (Lipinski definition) is 0. The van der Waals surface area contributed by atoms with Crippen molar-refractivity contribution in [3.8, 4) is 6.07 Å². The molecule has 0 aliphatic carbocycles. The predicted molar refractivity (Wildman–Crippen MR) is 68.5 cm³/mol. The third kappa shape index (κ3) is 1.50. The van der Waals surface area contributed by atoms with Crippen LogP contribution in [0.15, 0.2) is 36.4 Å². The molecule has 2 heterocycles. The number of nitriles is 1. The number of carbonyl (C=O) groups is 1. The summed E-state index contributed by atoms with van der Waals surface area (Å²) in [7, 11) is 1.93. The fraction of sp³-hybridized carbons (Fsp3) is 0.333. The van der Waals surface area contributed by atoms with Gasteiger partial charge in [0.2, 0.25) is 0 Å². The molecule has 0 saturated carbocycles. The van der Waals surface area contributed by atoms with Gasteiger partial charge in [0.15, 0.2) is 5.78 Å². The highest BCUT2D eigenvalue weighted by atomic mass is 16.1. The molecule has 3 nitrogen and oxygen atoms in total. The monoisotopic (exact) mass is 238 g/mol. The molecule has 0 spiro atoms. The molecule has 90 valence electrons. The van der Waals surface area contributed by atoms with E-state index in [0.717, 1.165) is 17.6 Å². The van der Waals surface area contributed by atoms with Gasteiger partial charge >= 0.3 is 0 Å². The lowest BCUT2D eigenvalue weighted by atomic mass is 9.91. The van der Waals surface area contributed by atoms with Gasteiger partial charge in [0, 0.05) is 11.6 Å². The average molecular weight is 238 g/mol. The van der Waals surface area contributed by atoms with Crippen LogP contribution in [0.5, 0.6) is 0 Å². The second kappa shape index (κ2) is 4.08. The van der Waals surface area contributed by atoms with Gasteiger partial charge in [0.25, 0.3) is 0 Å². The number of Topliss-reactive ketones (excluding diaryl/α,β-unsaturated/α-hetero) is 1. The fourth-order valence-electron chi connectivity index (χ4n) is 3.01. The first-order valence-corrected chi connectivity index (χ1v) is 6.15. The molecule has 0 amide bonds. The molecule has 2 aliphatic rings. The summed E-state index contributed by atoms with van der Waals surface area (Å²) in [5, 5.41) is 9.15. The van der Waals surface area contributed by atoms with Gasteiger partial charge in [-0.2, -0.15) is 5.26 Å². The highest BCUT2D eigenvalue weighted by molar-refractivity contribution is 6.24. The van der Waals surface area contributed by atoms with Gasteiger partial charge in [-0.25, -0.2) is 0 Å². The van der Waals surface area contributed by atoms with Gasteiger partial charge in [-0.1, -0.05) is 36.4 Å². The first-order valence-electron chi connectivity index (χ1n) is 6.15. The molecule has 2 bridgehead atoms. The second-order valence-corrected chi connectivity index (χ2v) is 4.96. The van der Waals surface area contributed by atoms with E-state index in [0.29, 0.717) is 0 Å². The summed E-state index contributed by atoms with van der Waals surface area (Å²) in [6, 6.07) is 11.9. The van der Waals surface area contributed by atoms with Crippen molar-refractivity contribution in [1.29, 1.82) is 5.26 Å². The number of fused-ring (bicyclic) bond motifs is 2. The van der Waals surface area contributed by atoms with Crippen molar-refractivity contribution in [2.24, 2.45) is 5.92 Å².